The van der Waals surface area contributed by atoms with Gasteiger partial charge in [0.05, 0.1) is 11.8 Å². The smallest absolute Gasteiger partial charge is 0.326 e. The number of rotatable bonds is 13. The second kappa shape index (κ2) is 12.8. The molecule has 0 heterocycles. The molecule has 0 spiro atoms. The Morgan fingerprint density at radius 3 is 1.64 bits per heavy atom. The third kappa shape index (κ3) is 9.02. The first-order valence-corrected chi connectivity index (χ1v) is 10.6. The number of urea groups is 1. The molecule has 9 nitrogen and oxygen atoms in total. The van der Waals surface area contributed by atoms with Crippen LogP contribution in [0.15, 0.2) is 60.7 Å². The van der Waals surface area contributed by atoms with Gasteiger partial charge in [-0.05, 0) is 36.8 Å². The van der Waals surface area contributed by atoms with Crippen molar-refractivity contribution in [1.82, 2.24) is 10.6 Å². The van der Waals surface area contributed by atoms with Crippen LogP contribution in [0.25, 0.3) is 0 Å². The maximum atomic E-state index is 12.2. The number of carbonyl (C=O) groups is 4. The molecule has 0 aliphatic rings. The predicted octanol–water partition coefficient (Wildman–Crippen LogP) is 2.41. The fraction of sp³-hybridized carbons (Fsp3) is 0.333. The zero-order valence-corrected chi connectivity index (χ0v) is 18.0. The minimum absolute atomic E-state index is 0.0222. The number of hydrogen-bond donors (Lipinski definition) is 5. The fourth-order valence-corrected chi connectivity index (χ4v) is 3.46. The van der Waals surface area contributed by atoms with Crippen LogP contribution in [-0.4, -0.2) is 51.8 Å². The lowest BCUT2D eigenvalue weighted by Gasteiger charge is -2.20. The number of nitrogens with one attached hydrogen (secondary N) is 2. The van der Waals surface area contributed by atoms with Gasteiger partial charge in [0.15, 0.2) is 0 Å². The Kier molecular flexibility index (Phi) is 9.88. The van der Waals surface area contributed by atoms with E-state index in [0.717, 1.165) is 11.1 Å². The molecule has 0 aliphatic carbocycles. The highest BCUT2D eigenvalue weighted by atomic mass is 16.4. The summed E-state index contributed by atoms with van der Waals surface area (Å²) < 4.78 is 0. The van der Waals surface area contributed by atoms with Crippen LogP contribution in [0.2, 0.25) is 0 Å². The maximum Gasteiger partial charge on any atom is 0.326 e. The molecule has 5 N–H and O–H groups in total. The standard InChI is InChI=1S/C24H28N2O7/c27-21(28)18(13-16-7-3-1-4-8-16)11-12-25-24(33)26-20(23(31)32)15-19(22(29)30)14-17-9-5-2-6-10-17/h1-10,18-20H,11-15H2,(H,27,28)(H,29,30)(H,31,32)(H2,25,26,33)/t18-,19+,20-/m0/s1. The van der Waals surface area contributed by atoms with Gasteiger partial charge in [-0.3, -0.25) is 9.59 Å². The average molecular weight is 456 g/mol. The van der Waals surface area contributed by atoms with E-state index in [1.807, 2.05) is 30.3 Å². The molecule has 0 bridgehead atoms. The van der Waals surface area contributed by atoms with Gasteiger partial charge >= 0.3 is 23.9 Å². The Hall–Kier alpha value is -3.88. The second-order valence-electron chi connectivity index (χ2n) is 7.77. The van der Waals surface area contributed by atoms with Gasteiger partial charge in [0.25, 0.3) is 0 Å². The van der Waals surface area contributed by atoms with Crippen LogP contribution in [-0.2, 0) is 27.2 Å². The fourth-order valence-electron chi connectivity index (χ4n) is 3.46. The monoisotopic (exact) mass is 456 g/mol. The largest absolute Gasteiger partial charge is 0.481 e. The summed E-state index contributed by atoms with van der Waals surface area (Å²) in [4.78, 5) is 47.0. The normalized spacial score (nSPS) is 13.3. The van der Waals surface area contributed by atoms with E-state index in [-0.39, 0.29) is 25.8 Å². The van der Waals surface area contributed by atoms with Crippen molar-refractivity contribution < 1.29 is 34.5 Å². The lowest BCUT2D eigenvalue weighted by atomic mass is 9.92. The van der Waals surface area contributed by atoms with E-state index in [1.54, 1.807) is 30.3 Å². The SMILES string of the molecule is O=C(NCC[C@@H](Cc1ccccc1)C(=O)O)N[C@@H](C[C@@H](Cc1ccccc1)C(=O)O)C(=O)O. The molecule has 0 aliphatic heterocycles. The average Bonchev–Trinajstić information content (AvgIpc) is 2.78. The molecule has 0 saturated heterocycles. The number of hydrogen-bond acceptors (Lipinski definition) is 4. The molecule has 2 aromatic rings. The molecule has 3 atom stereocenters. The molecular formula is C24H28N2O7. The highest BCUT2D eigenvalue weighted by Gasteiger charge is 2.28. The van der Waals surface area contributed by atoms with Crippen LogP contribution < -0.4 is 10.6 Å². The number of carboxylic acids is 3. The van der Waals surface area contributed by atoms with E-state index in [9.17, 15) is 34.5 Å². The molecule has 0 radical (unpaired) electrons. The van der Waals surface area contributed by atoms with E-state index in [0.29, 0.717) is 6.42 Å². The maximum absolute atomic E-state index is 12.2. The summed E-state index contributed by atoms with van der Waals surface area (Å²) in [5, 5.41) is 33.1. The number of carboxylic acid groups (broad SMARTS) is 3. The topological polar surface area (TPSA) is 153 Å². The molecule has 176 valence electrons. The van der Waals surface area contributed by atoms with Crippen molar-refractivity contribution in [2.24, 2.45) is 11.8 Å². The highest BCUT2D eigenvalue weighted by molar-refractivity contribution is 5.83. The molecular weight excluding hydrogens is 428 g/mol. The lowest BCUT2D eigenvalue weighted by molar-refractivity contribution is -0.144. The quantitative estimate of drug-likeness (QED) is 0.310. The number of aliphatic carboxylic acids is 3. The summed E-state index contributed by atoms with van der Waals surface area (Å²) in [6.07, 6.45) is 0.292. The highest BCUT2D eigenvalue weighted by Crippen LogP contribution is 2.16. The zero-order chi connectivity index (χ0) is 24.2. The van der Waals surface area contributed by atoms with Crippen molar-refractivity contribution >= 4 is 23.9 Å². The van der Waals surface area contributed by atoms with E-state index >= 15 is 0 Å². The minimum atomic E-state index is -1.41. The van der Waals surface area contributed by atoms with Crippen molar-refractivity contribution in [2.75, 3.05) is 6.54 Å². The van der Waals surface area contributed by atoms with Crippen LogP contribution in [0, 0.1) is 11.8 Å². The number of amides is 2. The summed E-state index contributed by atoms with van der Waals surface area (Å²) in [7, 11) is 0. The first-order chi connectivity index (χ1) is 15.8. The van der Waals surface area contributed by atoms with Gasteiger partial charge in [0.1, 0.15) is 6.04 Å². The van der Waals surface area contributed by atoms with Crippen molar-refractivity contribution in [3.63, 3.8) is 0 Å². The number of carbonyl (C=O) groups excluding carboxylic acids is 1. The van der Waals surface area contributed by atoms with Crippen molar-refractivity contribution in [3.05, 3.63) is 71.8 Å². The molecule has 33 heavy (non-hydrogen) atoms. The Morgan fingerprint density at radius 1 is 0.697 bits per heavy atom. The summed E-state index contributed by atoms with van der Waals surface area (Å²) in [6, 6.07) is 15.7. The second-order valence-corrected chi connectivity index (χ2v) is 7.77. The third-order valence-electron chi connectivity index (χ3n) is 5.25. The minimum Gasteiger partial charge on any atom is -0.481 e. The van der Waals surface area contributed by atoms with E-state index in [1.165, 1.54) is 0 Å². The van der Waals surface area contributed by atoms with Gasteiger partial charge in [-0.2, -0.15) is 0 Å². The van der Waals surface area contributed by atoms with Gasteiger partial charge in [0.2, 0.25) is 0 Å². The Labute approximate surface area is 191 Å². The summed E-state index contributed by atoms with van der Waals surface area (Å²) in [5.41, 5.74) is 1.61. The van der Waals surface area contributed by atoms with Crippen LogP contribution in [0.1, 0.15) is 24.0 Å². The van der Waals surface area contributed by atoms with Crippen LogP contribution in [0.3, 0.4) is 0 Å². The molecule has 0 aromatic heterocycles. The van der Waals surface area contributed by atoms with Gasteiger partial charge in [-0.1, -0.05) is 60.7 Å². The van der Waals surface area contributed by atoms with Gasteiger partial charge in [-0.15, -0.1) is 0 Å². The van der Waals surface area contributed by atoms with E-state index in [4.69, 9.17) is 0 Å². The first kappa shape index (κ1) is 25.4. The predicted molar refractivity (Wildman–Crippen MR) is 120 cm³/mol. The van der Waals surface area contributed by atoms with Gasteiger partial charge in [-0.25, -0.2) is 9.59 Å². The van der Waals surface area contributed by atoms with Crippen molar-refractivity contribution in [2.45, 2.75) is 31.7 Å². The summed E-state index contributed by atoms with van der Waals surface area (Å²) >= 11 is 0. The van der Waals surface area contributed by atoms with Crippen LogP contribution >= 0.6 is 0 Å². The molecule has 2 amide bonds. The van der Waals surface area contributed by atoms with Gasteiger partial charge < -0.3 is 26.0 Å². The molecule has 0 unspecified atom stereocenters. The third-order valence-corrected chi connectivity index (χ3v) is 5.25. The Morgan fingerprint density at radius 2 is 1.18 bits per heavy atom. The van der Waals surface area contributed by atoms with Gasteiger partial charge in [0, 0.05) is 6.54 Å². The molecule has 2 aromatic carbocycles. The summed E-state index contributed by atoms with van der Waals surface area (Å²) in [6.45, 7) is 0.0222. The van der Waals surface area contributed by atoms with E-state index < -0.39 is 41.8 Å². The van der Waals surface area contributed by atoms with Crippen molar-refractivity contribution in [1.29, 1.82) is 0 Å². The first-order valence-electron chi connectivity index (χ1n) is 10.6. The molecule has 9 heteroatoms. The van der Waals surface area contributed by atoms with E-state index in [2.05, 4.69) is 10.6 Å². The van der Waals surface area contributed by atoms with Crippen molar-refractivity contribution in [3.8, 4) is 0 Å². The molecule has 0 fully saturated rings. The number of benzene rings is 2. The molecule has 0 saturated carbocycles. The lowest BCUT2D eigenvalue weighted by Crippen LogP contribution is -2.48. The molecule has 2 rings (SSSR count). The Bertz CT molecular complexity index is 934. The zero-order valence-electron chi connectivity index (χ0n) is 18.0. The van der Waals surface area contributed by atoms with Crippen LogP contribution in [0.4, 0.5) is 4.79 Å². The summed E-state index contributed by atoms with van der Waals surface area (Å²) in [5.74, 6) is -5.22. The van der Waals surface area contributed by atoms with Crippen LogP contribution in [0.5, 0.6) is 0 Å². The Balaban J connectivity index is 1.88.